The summed E-state index contributed by atoms with van der Waals surface area (Å²) >= 11 is 0. The van der Waals surface area contributed by atoms with Crippen molar-refractivity contribution in [1.29, 1.82) is 0 Å². The van der Waals surface area contributed by atoms with Crippen LogP contribution in [0.15, 0.2) is 10.9 Å². The Hall–Kier alpha value is -2.45. The third kappa shape index (κ3) is 3.77. The van der Waals surface area contributed by atoms with Gasteiger partial charge in [-0.05, 0) is 6.92 Å². The molecule has 2 aromatic heterocycles. The molecule has 0 aliphatic carbocycles. The second-order valence-electron chi connectivity index (χ2n) is 4.23. The van der Waals surface area contributed by atoms with E-state index in [1.54, 1.807) is 0 Å². The monoisotopic (exact) mass is 278 g/mol. The summed E-state index contributed by atoms with van der Waals surface area (Å²) in [5.41, 5.74) is 0. The number of aromatic nitrogens is 5. The molecule has 0 radical (unpaired) electrons. The predicted molar refractivity (Wildman–Crippen MR) is 74.8 cm³/mol. The van der Waals surface area contributed by atoms with E-state index in [4.69, 9.17) is 0 Å². The van der Waals surface area contributed by atoms with Crippen LogP contribution in [0.5, 0.6) is 0 Å². The molecule has 0 atom stereocenters. The van der Waals surface area contributed by atoms with E-state index in [1.807, 2.05) is 25.9 Å². The van der Waals surface area contributed by atoms with E-state index in [-0.39, 0.29) is 0 Å². The highest BCUT2D eigenvalue weighted by molar-refractivity contribution is 5.42. The lowest BCUT2D eigenvalue weighted by atomic mass is 10.4. The lowest BCUT2D eigenvalue weighted by molar-refractivity contribution is 0.410. The molecular weight excluding hydrogens is 260 g/mol. The molecule has 20 heavy (non-hydrogen) atoms. The minimum Gasteiger partial charge on any atom is -0.354 e. The van der Waals surface area contributed by atoms with Crippen molar-refractivity contribution in [3.63, 3.8) is 0 Å². The molecule has 0 saturated heterocycles. The highest BCUT2D eigenvalue weighted by atomic mass is 16.5. The van der Waals surface area contributed by atoms with Crippen molar-refractivity contribution in [2.45, 2.75) is 13.3 Å². The van der Waals surface area contributed by atoms with Crippen molar-refractivity contribution in [3.05, 3.63) is 12.2 Å². The van der Waals surface area contributed by atoms with Gasteiger partial charge in [0.1, 0.15) is 0 Å². The van der Waals surface area contributed by atoms with Crippen molar-refractivity contribution < 1.29 is 4.52 Å². The number of rotatable bonds is 7. The van der Waals surface area contributed by atoms with Crippen molar-refractivity contribution in [3.8, 4) is 0 Å². The fourth-order valence-corrected chi connectivity index (χ4v) is 1.47. The molecule has 0 saturated carbocycles. The Labute approximate surface area is 116 Å². The number of anilines is 3. The van der Waals surface area contributed by atoms with E-state index in [1.165, 1.54) is 6.39 Å². The normalized spacial score (nSPS) is 10.3. The lowest BCUT2D eigenvalue weighted by Crippen LogP contribution is -2.18. The van der Waals surface area contributed by atoms with E-state index in [0.717, 1.165) is 6.54 Å². The molecule has 2 aromatic rings. The molecule has 9 heteroatoms. The van der Waals surface area contributed by atoms with Gasteiger partial charge in [0.05, 0.1) is 0 Å². The summed E-state index contributed by atoms with van der Waals surface area (Å²) in [6.07, 6.45) is 1.95. The molecule has 2 rings (SSSR count). The highest BCUT2D eigenvalue weighted by Gasteiger charge is 2.07. The Morgan fingerprint density at radius 2 is 1.90 bits per heavy atom. The maximum Gasteiger partial charge on any atom is 0.231 e. The molecule has 0 spiro atoms. The average molecular weight is 278 g/mol. The van der Waals surface area contributed by atoms with Gasteiger partial charge in [0.25, 0.3) is 0 Å². The van der Waals surface area contributed by atoms with E-state index in [0.29, 0.717) is 36.6 Å². The van der Waals surface area contributed by atoms with Crippen LogP contribution in [0.1, 0.15) is 12.7 Å². The number of nitrogens with one attached hydrogen (secondary N) is 2. The number of hydrogen-bond acceptors (Lipinski definition) is 9. The van der Waals surface area contributed by atoms with Crippen LogP contribution in [0.4, 0.5) is 17.8 Å². The zero-order valence-corrected chi connectivity index (χ0v) is 11.8. The molecule has 2 heterocycles. The Morgan fingerprint density at radius 3 is 2.50 bits per heavy atom. The largest absolute Gasteiger partial charge is 0.354 e. The van der Waals surface area contributed by atoms with Gasteiger partial charge in [-0.2, -0.15) is 19.9 Å². The van der Waals surface area contributed by atoms with Crippen LogP contribution >= 0.6 is 0 Å². The van der Waals surface area contributed by atoms with Gasteiger partial charge in [-0.15, -0.1) is 0 Å². The first-order chi connectivity index (χ1) is 9.69. The quantitative estimate of drug-likeness (QED) is 0.744. The SMILES string of the molecule is CCNc1nc(NCCc2ncon2)nc(N(C)C)n1. The number of nitrogens with zero attached hydrogens (tertiary/aromatic N) is 6. The van der Waals surface area contributed by atoms with E-state index >= 15 is 0 Å². The van der Waals surface area contributed by atoms with Crippen molar-refractivity contribution in [1.82, 2.24) is 25.1 Å². The third-order valence-electron chi connectivity index (χ3n) is 2.40. The minimum absolute atomic E-state index is 0.517. The van der Waals surface area contributed by atoms with Gasteiger partial charge in [-0.3, -0.25) is 0 Å². The van der Waals surface area contributed by atoms with Crippen LogP contribution in [0.25, 0.3) is 0 Å². The van der Waals surface area contributed by atoms with Gasteiger partial charge in [0, 0.05) is 33.6 Å². The molecule has 108 valence electrons. The second-order valence-corrected chi connectivity index (χ2v) is 4.23. The maximum atomic E-state index is 4.67. The van der Waals surface area contributed by atoms with Crippen molar-refractivity contribution in [2.75, 3.05) is 42.7 Å². The van der Waals surface area contributed by atoms with Gasteiger partial charge in [-0.1, -0.05) is 5.16 Å². The minimum atomic E-state index is 0.517. The fourth-order valence-electron chi connectivity index (χ4n) is 1.47. The predicted octanol–water partition coefficient (Wildman–Crippen LogP) is 0.407. The molecule has 0 aliphatic heterocycles. The summed E-state index contributed by atoms with van der Waals surface area (Å²) in [6.45, 7) is 3.35. The van der Waals surface area contributed by atoms with Crippen molar-refractivity contribution >= 4 is 17.8 Å². The Bertz CT molecular complexity index is 527. The summed E-state index contributed by atoms with van der Waals surface area (Å²) in [7, 11) is 3.77. The second kappa shape index (κ2) is 6.64. The summed E-state index contributed by atoms with van der Waals surface area (Å²) in [5, 5.41) is 9.95. The first-order valence-electron chi connectivity index (χ1n) is 6.35. The molecule has 0 unspecified atom stereocenters. The molecule has 2 N–H and O–H groups in total. The van der Waals surface area contributed by atoms with Gasteiger partial charge in [0.15, 0.2) is 5.82 Å². The van der Waals surface area contributed by atoms with Crippen LogP contribution in [-0.4, -0.2) is 52.3 Å². The highest BCUT2D eigenvalue weighted by Crippen LogP contribution is 2.11. The van der Waals surface area contributed by atoms with Crippen LogP contribution in [0.2, 0.25) is 0 Å². The molecule has 0 aromatic carbocycles. The smallest absolute Gasteiger partial charge is 0.231 e. The van der Waals surface area contributed by atoms with E-state index in [9.17, 15) is 0 Å². The zero-order valence-electron chi connectivity index (χ0n) is 11.8. The zero-order chi connectivity index (χ0) is 14.4. The van der Waals surface area contributed by atoms with Crippen LogP contribution in [0, 0.1) is 0 Å². The Balaban J connectivity index is 2.01. The standard InChI is InChI=1S/C11H18N8O/c1-4-12-9-15-10(17-11(16-9)19(2)3)13-6-5-8-14-7-20-18-8/h7H,4-6H2,1-3H3,(H2,12,13,15,16,17). The fraction of sp³-hybridized carbons (Fsp3) is 0.545. The first-order valence-corrected chi connectivity index (χ1v) is 6.35. The van der Waals surface area contributed by atoms with Crippen LogP contribution < -0.4 is 15.5 Å². The molecule has 0 fully saturated rings. The lowest BCUT2D eigenvalue weighted by Gasteiger charge is -2.13. The van der Waals surface area contributed by atoms with E-state index in [2.05, 4.69) is 40.2 Å². The Morgan fingerprint density at radius 1 is 1.15 bits per heavy atom. The van der Waals surface area contributed by atoms with Crippen LogP contribution in [0.3, 0.4) is 0 Å². The summed E-state index contributed by atoms with van der Waals surface area (Å²) in [5.74, 6) is 2.31. The van der Waals surface area contributed by atoms with Gasteiger partial charge >= 0.3 is 0 Å². The summed E-state index contributed by atoms with van der Waals surface area (Å²) in [4.78, 5) is 18.7. The molecule has 0 bridgehead atoms. The Kier molecular flexibility index (Phi) is 4.64. The average Bonchev–Trinajstić information content (AvgIpc) is 2.92. The van der Waals surface area contributed by atoms with Gasteiger partial charge in [0.2, 0.25) is 24.2 Å². The van der Waals surface area contributed by atoms with Crippen LogP contribution in [-0.2, 0) is 6.42 Å². The third-order valence-corrected chi connectivity index (χ3v) is 2.40. The topological polar surface area (TPSA) is 105 Å². The van der Waals surface area contributed by atoms with Gasteiger partial charge in [-0.25, -0.2) is 0 Å². The molecule has 0 aliphatic rings. The number of hydrogen-bond donors (Lipinski definition) is 2. The summed E-state index contributed by atoms with van der Waals surface area (Å²) < 4.78 is 4.67. The van der Waals surface area contributed by atoms with Crippen molar-refractivity contribution in [2.24, 2.45) is 0 Å². The summed E-state index contributed by atoms with van der Waals surface area (Å²) in [6, 6.07) is 0. The molecular formula is C11H18N8O. The first kappa shape index (κ1) is 14.0. The van der Waals surface area contributed by atoms with E-state index < -0.39 is 0 Å². The molecule has 9 nitrogen and oxygen atoms in total. The maximum absolute atomic E-state index is 4.67. The molecule has 0 amide bonds. The van der Waals surface area contributed by atoms with Gasteiger partial charge < -0.3 is 20.1 Å².